The molecule has 0 unspecified atom stereocenters. The van der Waals surface area contributed by atoms with Crippen molar-refractivity contribution in [3.05, 3.63) is 50.6 Å². The van der Waals surface area contributed by atoms with Crippen LogP contribution in [0.15, 0.2) is 35.9 Å². The number of hydrogen-bond acceptors (Lipinski definition) is 7. The molecule has 1 saturated heterocycles. The molecule has 0 atom stereocenters. The average Bonchev–Trinajstić information content (AvgIpc) is 2.85. The third-order valence-electron chi connectivity index (χ3n) is 5.15. The molecule has 0 aromatic heterocycles. The van der Waals surface area contributed by atoms with Crippen LogP contribution in [0.2, 0.25) is 0 Å². The summed E-state index contributed by atoms with van der Waals surface area (Å²) in [7, 11) is 1.52. The summed E-state index contributed by atoms with van der Waals surface area (Å²) in [6.07, 6.45) is 2.29. The minimum Gasteiger partial charge on any atom is -0.493 e. The zero-order valence-corrected chi connectivity index (χ0v) is 22.8. The first-order chi connectivity index (χ1) is 17.3. The summed E-state index contributed by atoms with van der Waals surface area (Å²) in [6.45, 7) is 7.10. The Morgan fingerprint density at radius 1 is 0.944 bits per heavy atom. The molecule has 0 bridgehead atoms. The molecule has 3 rings (SSSR count). The van der Waals surface area contributed by atoms with Crippen LogP contribution in [-0.2, 0) is 16.1 Å². The Hall–Kier alpha value is -3.28. The molecule has 1 fully saturated rings. The van der Waals surface area contributed by atoms with Crippen molar-refractivity contribution in [1.29, 1.82) is 0 Å². The van der Waals surface area contributed by atoms with E-state index in [-0.39, 0.29) is 12.1 Å². The second kappa shape index (κ2) is 12.6. The van der Waals surface area contributed by atoms with Crippen LogP contribution in [0.5, 0.6) is 23.0 Å². The minimum absolute atomic E-state index is 0.0509. The number of barbiturate groups is 1. The van der Waals surface area contributed by atoms with Gasteiger partial charge in [-0.25, -0.2) is 4.79 Å². The number of carbonyl (C=O) groups excluding carboxylic acids is 3. The molecule has 4 amide bonds. The van der Waals surface area contributed by atoms with Crippen molar-refractivity contribution in [2.45, 2.75) is 33.7 Å². The normalized spacial score (nSPS) is 14.6. The van der Waals surface area contributed by atoms with E-state index < -0.39 is 17.8 Å². The maximum Gasteiger partial charge on any atom is 0.331 e. The van der Waals surface area contributed by atoms with Crippen LogP contribution in [0.3, 0.4) is 0 Å². The van der Waals surface area contributed by atoms with Crippen molar-refractivity contribution in [1.82, 2.24) is 10.2 Å². The maximum atomic E-state index is 13.2. The van der Waals surface area contributed by atoms with Crippen LogP contribution < -0.4 is 24.3 Å². The highest BCUT2D eigenvalue weighted by atomic mass is 127. The van der Waals surface area contributed by atoms with E-state index >= 15 is 0 Å². The van der Waals surface area contributed by atoms with Crippen LogP contribution in [-0.4, -0.2) is 49.7 Å². The van der Waals surface area contributed by atoms with Gasteiger partial charge in [-0.3, -0.25) is 19.8 Å². The van der Waals surface area contributed by atoms with Gasteiger partial charge in [-0.2, -0.15) is 0 Å². The zero-order chi connectivity index (χ0) is 26.2. The molecule has 1 N–H and O–H groups in total. The molecule has 1 aliphatic rings. The molecule has 1 heterocycles. The van der Waals surface area contributed by atoms with Crippen LogP contribution in [0.4, 0.5) is 4.79 Å². The second-order valence-corrected chi connectivity index (χ2v) is 8.90. The van der Waals surface area contributed by atoms with Gasteiger partial charge in [0.2, 0.25) is 0 Å². The maximum absolute atomic E-state index is 13.2. The summed E-state index contributed by atoms with van der Waals surface area (Å²) in [4.78, 5) is 39.4. The van der Waals surface area contributed by atoms with Crippen LogP contribution >= 0.6 is 22.6 Å². The van der Waals surface area contributed by atoms with Crippen molar-refractivity contribution in [3.63, 3.8) is 0 Å². The molecule has 0 aliphatic carbocycles. The number of carbonyl (C=O) groups is 3. The average molecular weight is 608 g/mol. The number of nitrogens with one attached hydrogen (secondary N) is 1. The number of halogens is 1. The number of rotatable bonds is 11. The highest BCUT2D eigenvalue weighted by molar-refractivity contribution is 14.1. The van der Waals surface area contributed by atoms with Crippen LogP contribution in [0.25, 0.3) is 6.08 Å². The Balaban J connectivity index is 1.91. The zero-order valence-electron chi connectivity index (χ0n) is 20.7. The highest BCUT2D eigenvalue weighted by Crippen LogP contribution is 2.35. The van der Waals surface area contributed by atoms with E-state index in [4.69, 9.17) is 18.9 Å². The van der Waals surface area contributed by atoms with Crippen molar-refractivity contribution >= 4 is 46.5 Å². The van der Waals surface area contributed by atoms with E-state index in [9.17, 15) is 14.4 Å². The molecule has 9 nitrogen and oxygen atoms in total. The molecule has 0 spiro atoms. The summed E-state index contributed by atoms with van der Waals surface area (Å²) in [5.41, 5.74) is 1.05. The lowest BCUT2D eigenvalue weighted by Crippen LogP contribution is -2.53. The predicted molar refractivity (Wildman–Crippen MR) is 142 cm³/mol. The fraction of sp³-hybridized carbons (Fsp3) is 0.346. The van der Waals surface area contributed by atoms with Gasteiger partial charge in [0.1, 0.15) is 5.57 Å². The molecule has 2 aromatic rings. The highest BCUT2D eigenvalue weighted by Gasteiger charge is 2.36. The topological polar surface area (TPSA) is 103 Å². The lowest BCUT2D eigenvalue weighted by atomic mass is 10.1. The van der Waals surface area contributed by atoms with Crippen molar-refractivity contribution in [2.24, 2.45) is 0 Å². The fourth-order valence-electron chi connectivity index (χ4n) is 3.55. The minimum atomic E-state index is -0.788. The molecule has 0 radical (unpaired) electrons. The van der Waals surface area contributed by atoms with Crippen molar-refractivity contribution < 1.29 is 33.3 Å². The van der Waals surface area contributed by atoms with Crippen molar-refractivity contribution in [2.75, 3.05) is 26.9 Å². The van der Waals surface area contributed by atoms with E-state index in [1.807, 2.05) is 20.8 Å². The number of amides is 4. The number of imide groups is 2. The smallest absolute Gasteiger partial charge is 0.331 e. The number of benzene rings is 2. The Morgan fingerprint density at radius 2 is 1.69 bits per heavy atom. The van der Waals surface area contributed by atoms with Gasteiger partial charge in [0.15, 0.2) is 23.0 Å². The van der Waals surface area contributed by atoms with Gasteiger partial charge in [-0.1, -0.05) is 13.0 Å². The van der Waals surface area contributed by atoms with E-state index in [0.717, 1.165) is 14.9 Å². The first-order valence-electron chi connectivity index (χ1n) is 11.6. The van der Waals surface area contributed by atoms with E-state index in [2.05, 4.69) is 27.9 Å². The molecule has 10 heteroatoms. The Bertz CT molecular complexity index is 1180. The van der Waals surface area contributed by atoms with Gasteiger partial charge >= 0.3 is 6.03 Å². The summed E-state index contributed by atoms with van der Waals surface area (Å²) in [6, 6.07) is 7.87. The van der Waals surface area contributed by atoms with Gasteiger partial charge in [-0.15, -0.1) is 0 Å². The standard InChI is InChI=1S/C26H29IN2O7/c1-5-10-36-20-9-8-16(13-21(20)33-4)15-29-25(31)18(24(30)28-26(29)32)11-17-12-19(27)23(35-7-3)22(14-17)34-6-2/h8-9,11-14H,5-7,10,15H2,1-4H3,(H,28,30,32)/b18-11+. The Labute approximate surface area is 223 Å². The summed E-state index contributed by atoms with van der Waals surface area (Å²) < 4.78 is 23.2. The third-order valence-corrected chi connectivity index (χ3v) is 5.95. The monoisotopic (exact) mass is 608 g/mol. The SMILES string of the molecule is CCCOc1ccc(CN2C(=O)NC(=O)/C(=C\c3cc(I)c(OCC)c(OCC)c3)C2=O)cc1OC. The van der Waals surface area contributed by atoms with Crippen LogP contribution in [0, 0.1) is 3.57 Å². The predicted octanol–water partition coefficient (Wildman–Crippen LogP) is 4.55. The first kappa shape index (κ1) is 27.3. The molecular weight excluding hydrogens is 579 g/mol. The van der Waals surface area contributed by atoms with Gasteiger partial charge in [0.25, 0.3) is 11.8 Å². The molecule has 1 aliphatic heterocycles. The number of hydrogen-bond donors (Lipinski definition) is 1. The van der Waals surface area contributed by atoms with E-state index in [0.29, 0.717) is 53.9 Å². The van der Waals surface area contributed by atoms with E-state index in [1.54, 1.807) is 30.3 Å². The third kappa shape index (κ3) is 6.28. The number of urea groups is 1. The Morgan fingerprint density at radius 3 is 2.36 bits per heavy atom. The van der Waals surface area contributed by atoms with E-state index in [1.165, 1.54) is 13.2 Å². The summed E-state index contributed by atoms with van der Waals surface area (Å²) >= 11 is 2.11. The number of methoxy groups -OCH3 is 1. The number of nitrogens with zero attached hydrogens (tertiary/aromatic N) is 1. The van der Waals surface area contributed by atoms with Crippen molar-refractivity contribution in [3.8, 4) is 23.0 Å². The lowest BCUT2D eigenvalue weighted by Gasteiger charge is -2.26. The molecule has 2 aromatic carbocycles. The summed E-state index contributed by atoms with van der Waals surface area (Å²) in [5.74, 6) is 0.708. The molecule has 192 valence electrons. The second-order valence-electron chi connectivity index (χ2n) is 7.74. The largest absolute Gasteiger partial charge is 0.493 e. The molecular formula is C26H29IN2O7. The van der Waals surface area contributed by atoms with Gasteiger partial charge in [0.05, 0.1) is 37.0 Å². The van der Waals surface area contributed by atoms with Gasteiger partial charge in [0, 0.05) is 0 Å². The van der Waals surface area contributed by atoms with Crippen LogP contribution in [0.1, 0.15) is 38.3 Å². The number of ether oxygens (including phenoxy) is 4. The molecule has 0 saturated carbocycles. The lowest BCUT2D eigenvalue weighted by molar-refractivity contribution is -0.130. The summed E-state index contributed by atoms with van der Waals surface area (Å²) in [5, 5.41) is 2.25. The Kier molecular flexibility index (Phi) is 9.57. The fourth-order valence-corrected chi connectivity index (χ4v) is 4.33. The quantitative estimate of drug-likeness (QED) is 0.227. The van der Waals surface area contributed by atoms with Gasteiger partial charge in [-0.05, 0) is 84.3 Å². The molecule has 36 heavy (non-hydrogen) atoms. The van der Waals surface area contributed by atoms with Gasteiger partial charge < -0.3 is 18.9 Å². The first-order valence-corrected chi connectivity index (χ1v) is 12.7.